The van der Waals surface area contributed by atoms with E-state index in [2.05, 4.69) is 4.98 Å². The van der Waals surface area contributed by atoms with Crippen molar-refractivity contribution in [1.29, 1.82) is 0 Å². The Morgan fingerprint density at radius 3 is 2.55 bits per heavy atom. The van der Waals surface area contributed by atoms with E-state index < -0.39 is 11.9 Å². The van der Waals surface area contributed by atoms with Crippen molar-refractivity contribution in [3.63, 3.8) is 0 Å². The second-order valence-corrected chi connectivity index (χ2v) is 4.24. The van der Waals surface area contributed by atoms with Crippen molar-refractivity contribution in [3.8, 4) is 11.3 Å². The fourth-order valence-electron chi connectivity index (χ4n) is 1.96. The van der Waals surface area contributed by atoms with E-state index in [1.165, 1.54) is 0 Å². The number of aliphatic carboxylic acids is 1. The number of aromatic amines is 1. The molecule has 20 heavy (non-hydrogen) atoms. The van der Waals surface area contributed by atoms with Crippen molar-refractivity contribution in [2.75, 3.05) is 6.61 Å². The van der Waals surface area contributed by atoms with Gasteiger partial charge in [-0.15, -0.1) is 0 Å². The van der Waals surface area contributed by atoms with Gasteiger partial charge in [-0.05, 0) is 24.1 Å². The molecule has 104 valence electrons. The molecule has 0 spiro atoms. The Labute approximate surface area is 116 Å². The number of benzene rings is 1. The number of carbonyl (C=O) groups excluding carboxylic acids is 1. The van der Waals surface area contributed by atoms with Gasteiger partial charge in [0.05, 0.1) is 13.0 Å². The van der Waals surface area contributed by atoms with E-state index >= 15 is 0 Å². The van der Waals surface area contributed by atoms with Crippen LogP contribution in [0.2, 0.25) is 0 Å². The zero-order valence-corrected chi connectivity index (χ0v) is 11.1. The van der Waals surface area contributed by atoms with Gasteiger partial charge in [0.15, 0.2) is 0 Å². The van der Waals surface area contributed by atoms with E-state index in [9.17, 15) is 9.59 Å². The molecule has 0 bridgehead atoms. The summed E-state index contributed by atoms with van der Waals surface area (Å²) >= 11 is 0. The molecule has 5 nitrogen and oxygen atoms in total. The largest absolute Gasteiger partial charge is 0.481 e. The van der Waals surface area contributed by atoms with Gasteiger partial charge in [0.25, 0.3) is 0 Å². The minimum absolute atomic E-state index is 0.202. The highest BCUT2D eigenvalue weighted by molar-refractivity contribution is 5.92. The lowest BCUT2D eigenvalue weighted by Gasteiger charge is -2.01. The maximum Gasteiger partial charge on any atom is 0.355 e. The van der Waals surface area contributed by atoms with Gasteiger partial charge in [0, 0.05) is 5.69 Å². The van der Waals surface area contributed by atoms with Crippen LogP contribution < -0.4 is 0 Å². The summed E-state index contributed by atoms with van der Waals surface area (Å²) in [6.07, 6.45) is -0.225. The molecule has 2 N–H and O–H groups in total. The molecule has 0 aliphatic carbocycles. The fourth-order valence-corrected chi connectivity index (χ4v) is 1.96. The average molecular weight is 273 g/mol. The summed E-state index contributed by atoms with van der Waals surface area (Å²) in [5.41, 5.74) is 2.21. The summed E-state index contributed by atoms with van der Waals surface area (Å²) in [6.45, 7) is 1.95. The highest BCUT2D eigenvalue weighted by Gasteiger charge is 2.19. The summed E-state index contributed by atoms with van der Waals surface area (Å²) in [6, 6.07) is 11.1. The number of carboxylic acid groups (broad SMARTS) is 1. The van der Waals surface area contributed by atoms with E-state index in [0.717, 1.165) is 5.56 Å². The summed E-state index contributed by atoms with van der Waals surface area (Å²) in [4.78, 5) is 25.7. The van der Waals surface area contributed by atoms with E-state index in [1.807, 2.05) is 30.3 Å². The summed E-state index contributed by atoms with van der Waals surface area (Å²) in [7, 11) is 0. The average Bonchev–Trinajstić information content (AvgIpc) is 2.83. The Hall–Kier alpha value is -2.56. The Balaban J connectivity index is 2.41. The summed E-state index contributed by atoms with van der Waals surface area (Å²) in [5, 5.41) is 8.92. The standard InChI is InChI=1S/C15H15NO4/c1-2-20-15(19)14-11(9-13(17)18)8-12(16-14)10-6-4-3-5-7-10/h3-8,16H,2,9H2,1H3,(H,17,18). The monoisotopic (exact) mass is 273 g/mol. The number of H-pyrrole nitrogens is 1. The maximum atomic E-state index is 11.8. The van der Waals surface area contributed by atoms with Crippen LogP contribution in [0.3, 0.4) is 0 Å². The van der Waals surface area contributed by atoms with Crippen molar-refractivity contribution < 1.29 is 19.4 Å². The zero-order valence-electron chi connectivity index (χ0n) is 11.1. The lowest BCUT2D eigenvalue weighted by molar-refractivity contribution is -0.136. The molecular formula is C15H15NO4. The summed E-state index contributed by atoms with van der Waals surface area (Å²) in [5.74, 6) is -1.53. The minimum atomic E-state index is -0.992. The first-order valence-corrected chi connectivity index (χ1v) is 6.28. The van der Waals surface area contributed by atoms with Gasteiger partial charge in [-0.3, -0.25) is 4.79 Å². The number of carbonyl (C=O) groups is 2. The number of ether oxygens (including phenoxy) is 1. The third-order valence-electron chi connectivity index (χ3n) is 2.81. The highest BCUT2D eigenvalue weighted by Crippen LogP contribution is 2.23. The molecule has 0 atom stereocenters. The molecule has 0 aliphatic heterocycles. The second kappa shape index (κ2) is 6.06. The summed E-state index contributed by atoms with van der Waals surface area (Å²) < 4.78 is 4.94. The van der Waals surface area contributed by atoms with Crippen LogP contribution in [-0.4, -0.2) is 28.6 Å². The number of hydrogen-bond donors (Lipinski definition) is 2. The number of carboxylic acids is 1. The van der Waals surface area contributed by atoms with Gasteiger partial charge in [-0.25, -0.2) is 4.79 Å². The van der Waals surface area contributed by atoms with Crippen molar-refractivity contribution in [3.05, 3.63) is 47.7 Å². The number of esters is 1. The van der Waals surface area contributed by atoms with Crippen molar-refractivity contribution in [2.24, 2.45) is 0 Å². The highest BCUT2D eigenvalue weighted by atomic mass is 16.5. The number of nitrogens with one attached hydrogen (secondary N) is 1. The van der Waals surface area contributed by atoms with Gasteiger partial charge in [-0.2, -0.15) is 0 Å². The molecule has 0 saturated heterocycles. The molecule has 0 amide bonds. The Bertz CT molecular complexity index is 616. The molecule has 5 heteroatoms. The lowest BCUT2D eigenvalue weighted by atomic mass is 10.1. The number of hydrogen-bond acceptors (Lipinski definition) is 3. The quantitative estimate of drug-likeness (QED) is 0.820. The molecule has 0 unspecified atom stereocenters. The van der Waals surface area contributed by atoms with Crippen LogP contribution in [0.5, 0.6) is 0 Å². The van der Waals surface area contributed by atoms with Crippen molar-refractivity contribution in [1.82, 2.24) is 4.98 Å². The van der Waals surface area contributed by atoms with Crippen molar-refractivity contribution >= 4 is 11.9 Å². The van der Waals surface area contributed by atoms with Crippen molar-refractivity contribution in [2.45, 2.75) is 13.3 Å². The van der Waals surface area contributed by atoms with Crippen LogP contribution in [0.25, 0.3) is 11.3 Å². The molecule has 1 aromatic heterocycles. The Morgan fingerprint density at radius 1 is 1.25 bits per heavy atom. The van der Waals surface area contributed by atoms with E-state index in [1.54, 1.807) is 13.0 Å². The molecule has 0 radical (unpaired) electrons. The minimum Gasteiger partial charge on any atom is -0.481 e. The van der Waals surface area contributed by atoms with E-state index in [4.69, 9.17) is 9.84 Å². The van der Waals surface area contributed by atoms with Crippen LogP contribution >= 0.6 is 0 Å². The van der Waals surface area contributed by atoms with Crippen LogP contribution in [0.1, 0.15) is 23.0 Å². The van der Waals surface area contributed by atoms with E-state index in [-0.39, 0.29) is 18.7 Å². The molecule has 0 aliphatic rings. The predicted octanol–water partition coefficient (Wildman–Crippen LogP) is 2.49. The SMILES string of the molecule is CCOC(=O)c1[nH]c(-c2ccccc2)cc1CC(=O)O. The molecule has 1 aromatic carbocycles. The predicted molar refractivity (Wildman–Crippen MR) is 73.5 cm³/mol. The van der Waals surface area contributed by atoms with Crippen LogP contribution in [-0.2, 0) is 16.0 Å². The fraction of sp³-hybridized carbons (Fsp3) is 0.200. The van der Waals surface area contributed by atoms with E-state index in [0.29, 0.717) is 11.3 Å². The second-order valence-electron chi connectivity index (χ2n) is 4.24. The van der Waals surface area contributed by atoms with Crippen LogP contribution in [0, 0.1) is 0 Å². The van der Waals surface area contributed by atoms with Gasteiger partial charge in [-0.1, -0.05) is 30.3 Å². The zero-order chi connectivity index (χ0) is 14.5. The first-order valence-electron chi connectivity index (χ1n) is 6.28. The molecule has 0 fully saturated rings. The van der Waals surface area contributed by atoms with Crippen LogP contribution in [0.4, 0.5) is 0 Å². The maximum absolute atomic E-state index is 11.8. The molecule has 1 heterocycles. The van der Waals surface area contributed by atoms with Gasteiger partial charge >= 0.3 is 11.9 Å². The molecule has 0 saturated carbocycles. The number of rotatable bonds is 5. The van der Waals surface area contributed by atoms with Gasteiger partial charge in [0.1, 0.15) is 5.69 Å². The molecule has 2 aromatic rings. The Kier molecular flexibility index (Phi) is 4.20. The first-order chi connectivity index (χ1) is 9.61. The third-order valence-corrected chi connectivity index (χ3v) is 2.81. The van der Waals surface area contributed by atoms with Crippen LogP contribution in [0.15, 0.2) is 36.4 Å². The van der Waals surface area contributed by atoms with Gasteiger partial charge < -0.3 is 14.8 Å². The first kappa shape index (κ1) is 13.9. The number of aromatic nitrogens is 1. The lowest BCUT2D eigenvalue weighted by Crippen LogP contribution is -2.10. The smallest absolute Gasteiger partial charge is 0.355 e. The molecular weight excluding hydrogens is 258 g/mol. The third kappa shape index (κ3) is 3.06. The molecule has 2 rings (SSSR count). The normalized spacial score (nSPS) is 10.2. The topological polar surface area (TPSA) is 79.4 Å². The van der Waals surface area contributed by atoms with Gasteiger partial charge in [0.2, 0.25) is 0 Å². The Morgan fingerprint density at radius 2 is 1.95 bits per heavy atom.